The van der Waals surface area contributed by atoms with Crippen LogP contribution >= 0.6 is 11.6 Å². The van der Waals surface area contributed by atoms with Gasteiger partial charge < -0.3 is 4.90 Å². The van der Waals surface area contributed by atoms with E-state index in [2.05, 4.69) is 11.0 Å². The van der Waals surface area contributed by atoms with Crippen molar-refractivity contribution in [3.63, 3.8) is 0 Å². The zero-order chi connectivity index (χ0) is 13.1. The van der Waals surface area contributed by atoms with Crippen molar-refractivity contribution in [2.24, 2.45) is 0 Å². The number of hydrogen-bond donors (Lipinski definition) is 0. The van der Waals surface area contributed by atoms with E-state index in [1.807, 2.05) is 13.1 Å². The van der Waals surface area contributed by atoms with Crippen molar-refractivity contribution in [3.8, 4) is 6.07 Å². The van der Waals surface area contributed by atoms with Crippen LogP contribution in [0.15, 0.2) is 18.2 Å². The molecule has 0 bridgehead atoms. The smallest absolute Gasteiger partial charge is 0.133 e. The van der Waals surface area contributed by atoms with Gasteiger partial charge in [0.2, 0.25) is 0 Å². The molecule has 0 aliphatic heterocycles. The Bertz CT molecular complexity index is 497. The molecule has 4 heteroatoms. The minimum Gasteiger partial charge on any atom is -0.371 e. The average molecular weight is 263 g/mol. The third kappa shape index (κ3) is 2.65. The topological polar surface area (TPSA) is 44.1 Å². The SMILES string of the molecule is CN(c1ccc(Cl)cc1C#N)C1CCC(=O)CC1. The largest absolute Gasteiger partial charge is 0.371 e. The monoisotopic (exact) mass is 262 g/mol. The molecule has 0 saturated heterocycles. The molecule has 0 radical (unpaired) electrons. The number of halogens is 1. The van der Waals surface area contributed by atoms with Crippen LogP contribution in [0.4, 0.5) is 5.69 Å². The second-order valence-corrected chi connectivity index (χ2v) is 5.09. The van der Waals surface area contributed by atoms with Crippen molar-refractivity contribution in [1.29, 1.82) is 5.26 Å². The van der Waals surface area contributed by atoms with Gasteiger partial charge in [-0.3, -0.25) is 4.79 Å². The molecule has 0 amide bonds. The van der Waals surface area contributed by atoms with Gasteiger partial charge in [0.15, 0.2) is 0 Å². The van der Waals surface area contributed by atoms with Crippen molar-refractivity contribution in [1.82, 2.24) is 0 Å². The van der Waals surface area contributed by atoms with E-state index in [0.29, 0.717) is 35.3 Å². The third-order valence-electron chi connectivity index (χ3n) is 3.52. The lowest BCUT2D eigenvalue weighted by atomic mass is 9.93. The molecule has 0 N–H and O–H groups in total. The lowest BCUT2D eigenvalue weighted by Crippen LogP contribution is -2.35. The van der Waals surface area contributed by atoms with Gasteiger partial charge in [0.05, 0.1) is 11.3 Å². The zero-order valence-corrected chi connectivity index (χ0v) is 11.1. The van der Waals surface area contributed by atoms with Crippen molar-refractivity contribution in [2.45, 2.75) is 31.7 Å². The molecular weight excluding hydrogens is 248 g/mol. The van der Waals surface area contributed by atoms with Crippen LogP contribution in [0.5, 0.6) is 0 Å². The third-order valence-corrected chi connectivity index (χ3v) is 3.75. The van der Waals surface area contributed by atoms with Crippen molar-refractivity contribution in [2.75, 3.05) is 11.9 Å². The van der Waals surface area contributed by atoms with E-state index in [4.69, 9.17) is 16.9 Å². The highest BCUT2D eigenvalue weighted by molar-refractivity contribution is 6.30. The van der Waals surface area contributed by atoms with E-state index in [9.17, 15) is 4.79 Å². The molecule has 1 aliphatic carbocycles. The normalized spacial score (nSPS) is 16.4. The molecule has 1 aliphatic rings. The zero-order valence-electron chi connectivity index (χ0n) is 10.3. The maximum Gasteiger partial charge on any atom is 0.133 e. The number of rotatable bonds is 2. The summed E-state index contributed by atoms with van der Waals surface area (Å²) in [6.45, 7) is 0. The molecule has 0 unspecified atom stereocenters. The summed E-state index contributed by atoms with van der Waals surface area (Å²) in [6.07, 6.45) is 3.01. The lowest BCUT2D eigenvalue weighted by Gasteiger charge is -2.33. The van der Waals surface area contributed by atoms with Gasteiger partial charge in [-0.2, -0.15) is 5.26 Å². The minimum atomic E-state index is 0.330. The lowest BCUT2D eigenvalue weighted by molar-refractivity contribution is -0.120. The molecule has 1 aromatic carbocycles. The summed E-state index contributed by atoms with van der Waals surface area (Å²) >= 11 is 5.89. The highest BCUT2D eigenvalue weighted by Crippen LogP contribution is 2.28. The van der Waals surface area contributed by atoms with Crippen LogP contribution in [0, 0.1) is 11.3 Å². The maximum atomic E-state index is 11.2. The van der Waals surface area contributed by atoms with Crippen LogP contribution in [-0.4, -0.2) is 18.9 Å². The number of nitriles is 1. The van der Waals surface area contributed by atoms with Gasteiger partial charge in [-0.05, 0) is 31.0 Å². The van der Waals surface area contributed by atoms with Crippen LogP contribution in [-0.2, 0) is 4.79 Å². The first-order valence-corrected chi connectivity index (χ1v) is 6.44. The van der Waals surface area contributed by atoms with E-state index in [1.165, 1.54) is 0 Å². The first-order chi connectivity index (χ1) is 8.61. The first kappa shape index (κ1) is 12.9. The molecule has 3 nitrogen and oxygen atoms in total. The van der Waals surface area contributed by atoms with Gasteiger partial charge in [-0.1, -0.05) is 11.6 Å². The van der Waals surface area contributed by atoms with Crippen LogP contribution in [0.25, 0.3) is 0 Å². The molecule has 1 aromatic rings. The van der Waals surface area contributed by atoms with Gasteiger partial charge >= 0.3 is 0 Å². The van der Waals surface area contributed by atoms with Gasteiger partial charge in [0.1, 0.15) is 11.9 Å². The predicted octanol–water partition coefficient (Wildman–Crippen LogP) is 3.16. The van der Waals surface area contributed by atoms with Crippen molar-refractivity contribution >= 4 is 23.1 Å². The number of benzene rings is 1. The van der Waals surface area contributed by atoms with Crippen LogP contribution in [0.3, 0.4) is 0 Å². The quantitative estimate of drug-likeness (QED) is 0.822. The van der Waals surface area contributed by atoms with E-state index < -0.39 is 0 Å². The predicted molar refractivity (Wildman–Crippen MR) is 71.8 cm³/mol. The minimum absolute atomic E-state index is 0.330. The fraction of sp³-hybridized carbons (Fsp3) is 0.429. The summed E-state index contributed by atoms with van der Waals surface area (Å²) in [5, 5.41) is 9.71. The van der Waals surface area contributed by atoms with Crippen LogP contribution in [0.1, 0.15) is 31.2 Å². The maximum absolute atomic E-state index is 11.2. The molecular formula is C14H15ClN2O. The second kappa shape index (κ2) is 5.41. The molecule has 1 fully saturated rings. The van der Waals surface area contributed by atoms with Crippen molar-refractivity contribution in [3.05, 3.63) is 28.8 Å². The Morgan fingerprint density at radius 2 is 2.06 bits per heavy atom. The van der Waals surface area contributed by atoms with Gasteiger partial charge in [0, 0.05) is 31.0 Å². The number of nitrogens with zero attached hydrogens (tertiary/aromatic N) is 2. The van der Waals surface area contributed by atoms with Crippen LogP contribution in [0.2, 0.25) is 5.02 Å². The summed E-state index contributed by atoms with van der Waals surface area (Å²) in [5.74, 6) is 0.344. The van der Waals surface area contributed by atoms with E-state index in [1.54, 1.807) is 12.1 Å². The molecule has 18 heavy (non-hydrogen) atoms. The molecule has 2 rings (SSSR count). The average Bonchev–Trinajstić information content (AvgIpc) is 2.38. The van der Waals surface area contributed by atoms with E-state index in [0.717, 1.165) is 18.5 Å². The molecule has 0 aromatic heterocycles. The number of carbonyl (C=O) groups excluding carboxylic acids is 1. The fourth-order valence-corrected chi connectivity index (χ4v) is 2.59. The molecule has 0 spiro atoms. The Morgan fingerprint density at radius 3 is 2.67 bits per heavy atom. The Labute approximate surface area is 112 Å². The van der Waals surface area contributed by atoms with Gasteiger partial charge in [-0.15, -0.1) is 0 Å². The molecule has 0 atom stereocenters. The van der Waals surface area contributed by atoms with E-state index in [-0.39, 0.29) is 0 Å². The molecule has 94 valence electrons. The molecule has 0 heterocycles. The van der Waals surface area contributed by atoms with Gasteiger partial charge in [-0.25, -0.2) is 0 Å². The number of hydrogen-bond acceptors (Lipinski definition) is 3. The Kier molecular flexibility index (Phi) is 3.88. The number of carbonyl (C=O) groups is 1. The summed E-state index contributed by atoms with van der Waals surface area (Å²) in [4.78, 5) is 13.3. The highest BCUT2D eigenvalue weighted by atomic mass is 35.5. The van der Waals surface area contributed by atoms with Crippen molar-refractivity contribution < 1.29 is 4.79 Å². The summed E-state index contributed by atoms with van der Waals surface area (Å²) in [5.41, 5.74) is 1.48. The summed E-state index contributed by atoms with van der Waals surface area (Å²) in [7, 11) is 1.98. The number of ketones is 1. The fourth-order valence-electron chi connectivity index (χ4n) is 2.41. The Morgan fingerprint density at radius 1 is 1.39 bits per heavy atom. The molecule has 1 saturated carbocycles. The summed E-state index contributed by atoms with van der Waals surface area (Å²) in [6, 6.07) is 7.85. The highest BCUT2D eigenvalue weighted by Gasteiger charge is 2.23. The number of Topliss-reactive ketones (excluding diaryl/α,β-unsaturated/α-hetero) is 1. The van der Waals surface area contributed by atoms with E-state index >= 15 is 0 Å². The Balaban J connectivity index is 2.21. The van der Waals surface area contributed by atoms with Crippen LogP contribution < -0.4 is 4.90 Å². The second-order valence-electron chi connectivity index (χ2n) is 4.65. The summed E-state index contributed by atoms with van der Waals surface area (Å²) < 4.78 is 0. The van der Waals surface area contributed by atoms with Gasteiger partial charge in [0.25, 0.3) is 0 Å². The Hall–Kier alpha value is -1.53. The first-order valence-electron chi connectivity index (χ1n) is 6.06. The number of anilines is 1. The standard InChI is InChI=1S/C14H15ClN2O/c1-17(12-3-5-13(18)6-4-12)14-7-2-11(15)8-10(14)9-16/h2,7-8,12H,3-6H2,1H3.